The summed E-state index contributed by atoms with van der Waals surface area (Å²) in [6, 6.07) is 0. The molecule has 0 radical (unpaired) electrons. The molecule has 1 fully saturated rings. The fourth-order valence-electron chi connectivity index (χ4n) is 2.03. The summed E-state index contributed by atoms with van der Waals surface area (Å²) in [4.78, 5) is 8.82. The highest BCUT2D eigenvalue weighted by atomic mass is 15.5. The molecule has 18 heavy (non-hydrogen) atoms. The van der Waals surface area contributed by atoms with Crippen molar-refractivity contribution in [1.82, 2.24) is 15.0 Å². The molecule has 0 atom stereocenters. The molecule has 0 saturated carbocycles. The molecule has 0 aliphatic carbocycles. The van der Waals surface area contributed by atoms with Crippen LogP contribution in [0.5, 0.6) is 0 Å². The van der Waals surface area contributed by atoms with Gasteiger partial charge in [0, 0.05) is 31.4 Å². The summed E-state index contributed by atoms with van der Waals surface area (Å²) in [7, 11) is 0. The summed E-state index contributed by atoms with van der Waals surface area (Å²) in [6.07, 6.45) is 6.81. The van der Waals surface area contributed by atoms with Crippen molar-refractivity contribution in [1.29, 1.82) is 0 Å². The Balaban J connectivity index is 2.00. The van der Waals surface area contributed by atoms with E-state index in [-0.39, 0.29) is 0 Å². The minimum Gasteiger partial charge on any atom is -0.354 e. The van der Waals surface area contributed by atoms with E-state index in [1.807, 2.05) is 13.1 Å². The van der Waals surface area contributed by atoms with Crippen LogP contribution in [0, 0.1) is 6.92 Å². The highest BCUT2D eigenvalue weighted by molar-refractivity contribution is 5.45. The van der Waals surface area contributed by atoms with Gasteiger partial charge in [0.25, 0.3) is 0 Å². The molecule has 2 rings (SSSR count). The zero-order chi connectivity index (χ0) is 12.8. The third-order valence-corrected chi connectivity index (χ3v) is 3.12. The molecule has 1 saturated heterocycles. The molecule has 0 aromatic carbocycles. The maximum absolute atomic E-state index is 4.53. The van der Waals surface area contributed by atoms with E-state index < -0.39 is 0 Å². The van der Waals surface area contributed by atoms with Crippen LogP contribution in [0.2, 0.25) is 0 Å². The summed E-state index contributed by atoms with van der Waals surface area (Å²) in [5, 5.41) is 5.47. The Morgan fingerprint density at radius 3 is 2.78 bits per heavy atom. The Morgan fingerprint density at radius 1 is 1.28 bits per heavy atom. The number of hydrazine groups is 1. The number of anilines is 2. The van der Waals surface area contributed by atoms with Gasteiger partial charge < -0.3 is 10.7 Å². The van der Waals surface area contributed by atoms with Crippen LogP contribution in [0.3, 0.4) is 0 Å². The van der Waals surface area contributed by atoms with Gasteiger partial charge in [-0.15, -0.1) is 0 Å². The van der Waals surface area contributed by atoms with Crippen LogP contribution in [0.1, 0.15) is 38.2 Å². The zero-order valence-electron chi connectivity index (χ0n) is 11.4. The number of nitrogens with zero attached hydrogens (tertiary/aromatic N) is 3. The van der Waals surface area contributed by atoms with Gasteiger partial charge in [-0.1, -0.05) is 13.3 Å². The van der Waals surface area contributed by atoms with Crippen molar-refractivity contribution in [2.75, 3.05) is 30.4 Å². The second-order valence-electron chi connectivity index (χ2n) is 4.81. The van der Waals surface area contributed by atoms with E-state index in [9.17, 15) is 0 Å². The maximum atomic E-state index is 4.53. The average Bonchev–Trinajstić information content (AvgIpc) is 2.41. The summed E-state index contributed by atoms with van der Waals surface area (Å²) in [6.45, 7) is 7.28. The van der Waals surface area contributed by atoms with Gasteiger partial charge in [-0.2, -0.15) is 4.98 Å². The van der Waals surface area contributed by atoms with Crippen molar-refractivity contribution in [2.24, 2.45) is 0 Å². The first-order chi connectivity index (χ1) is 8.79. The van der Waals surface area contributed by atoms with E-state index in [0.29, 0.717) is 5.95 Å². The molecule has 100 valence electrons. The first-order valence-electron chi connectivity index (χ1n) is 6.88. The van der Waals surface area contributed by atoms with Gasteiger partial charge >= 0.3 is 0 Å². The van der Waals surface area contributed by atoms with Crippen molar-refractivity contribution in [3.63, 3.8) is 0 Å². The summed E-state index contributed by atoms with van der Waals surface area (Å²) >= 11 is 0. The normalized spacial score (nSPS) is 16.6. The smallest absolute Gasteiger partial charge is 0.224 e. The number of hydrogen-bond acceptors (Lipinski definition) is 5. The molecule has 1 aromatic heterocycles. The first kappa shape index (κ1) is 13.1. The van der Waals surface area contributed by atoms with Gasteiger partial charge in [-0.25, -0.2) is 9.99 Å². The van der Waals surface area contributed by atoms with Crippen LogP contribution in [0.4, 0.5) is 11.8 Å². The molecule has 0 amide bonds. The van der Waals surface area contributed by atoms with Crippen LogP contribution in [0.25, 0.3) is 0 Å². The topological polar surface area (TPSA) is 53.1 Å². The van der Waals surface area contributed by atoms with Crippen molar-refractivity contribution < 1.29 is 0 Å². The lowest BCUT2D eigenvalue weighted by Crippen LogP contribution is -2.35. The molecular formula is C13H23N5. The number of aromatic nitrogens is 2. The largest absolute Gasteiger partial charge is 0.354 e. The van der Waals surface area contributed by atoms with Crippen molar-refractivity contribution >= 4 is 11.8 Å². The quantitative estimate of drug-likeness (QED) is 0.839. The van der Waals surface area contributed by atoms with Crippen molar-refractivity contribution in [3.8, 4) is 0 Å². The summed E-state index contributed by atoms with van der Waals surface area (Å²) in [5.41, 5.74) is 4.49. The van der Waals surface area contributed by atoms with Gasteiger partial charge in [0.15, 0.2) is 0 Å². The minimum atomic E-state index is 0.710. The maximum Gasteiger partial charge on any atom is 0.224 e. The predicted molar refractivity (Wildman–Crippen MR) is 74.6 cm³/mol. The van der Waals surface area contributed by atoms with Crippen molar-refractivity contribution in [3.05, 3.63) is 11.8 Å². The van der Waals surface area contributed by atoms with Gasteiger partial charge in [0.2, 0.25) is 5.95 Å². The number of piperidine rings is 1. The van der Waals surface area contributed by atoms with Gasteiger partial charge in [0.1, 0.15) is 5.82 Å². The Labute approximate surface area is 109 Å². The molecule has 1 aromatic rings. The molecule has 2 N–H and O–H groups in total. The molecular weight excluding hydrogens is 226 g/mol. The van der Waals surface area contributed by atoms with E-state index in [1.54, 1.807) is 0 Å². The van der Waals surface area contributed by atoms with Crippen LogP contribution in [0.15, 0.2) is 6.20 Å². The summed E-state index contributed by atoms with van der Waals surface area (Å²) in [5.74, 6) is 1.63. The van der Waals surface area contributed by atoms with Crippen molar-refractivity contribution in [2.45, 2.75) is 39.5 Å². The first-order valence-corrected chi connectivity index (χ1v) is 6.88. The Hall–Kier alpha value is -1.36. The van der Waals surface area contributed by atoms with Crippen LogP contribution >= 0.6 is 0 Å². The van der Waals surface area contributed by atoms with Gasteiger partial charge in [0.05, 0.1) is 0 Å². The number of hydrogen-bond donors (Lipinski definition) is 2. The molecule has 1 aliphatic rings. The van der Waals surface area contributed by atoms with E-state index >= 15 is 0 Å². The molecule has 5 heteroatoms. The van der Waals surface area contributed by atoms with E-state index in [0.717, 1.165) is 37.4 Å². The van der Waals surface area contributed by atoms with Gasteiger partial charge in [-0.3, -0.25) is 0 Å². The van der Waals surface area contributed by atoms with Crippen LogP contribution < -0.4 is 10.7 Å². The highest BCUT2D eigenvalue weighted by Crippen LogP contribution is 2.16. The monoisotopic (exact) mass is 249 g/mol. The number of aryl methyl sites for hydroxylation is 1. The second-order valence-corrected chi connectivity index (χ2v) is 4.81. The molecule has 0 unspecified atom stereocenters. The third kappa shape index (κ3) is 3.57. The molecule has 2 heterocycles. The minimum absolute atomic E-state index is 0.710. The molecule has 0 spiro atoms. The Morgan fingerprint density at radius 2 is 2.06 bits per heavy atom. The van der Waals surface area contributed by atoms with E-state index in [4.69, 9.17) is 0 Å². The Bertz CT molecular complexity index is 374. The summed E-state index contributed by atoms with van der Waals surface area (Å²) < 4.78 is 0. The highest BCUT2D eigenvalue weighted by Gasteiger charge is 2.12. The van der Waals surface area contributed by atoms with E-state index in [1.165, 1.54) is 19.3 Å². The fraction of sp³-hybridized carbons (Fsp3) is 0.692. The third-order valence-electron chi connectivity index (χ3n) is 3.12. The Kier molecular flexibility index (Phi) is 4.75. The lowest BCUT2D eigenvalue weighted by atomic mass is 10.2. The SMILES string of the molecule is CCCNc1ncc(C)c(NN2CCCCC2)n1. The predicted octanol–water partition coefficient (Wildman–Crippen LogP) is 2.42. The lowest BCUT2D eigenvalue weighted by molar-refractivity contribution is 0.272. The van der Waals surface area contributed by atoms with Crippen LogP contribution in [-0.2, 0) is 0 Å². The number of nitrogens with one attached hydrogen (secondary N) is 2. The second kappa shape index (κ2) is 6.54. The zero-order valence-corrected chi connectivity index (χ0v) is 11.4. The molecule has 0 bridgehead atoms. The average molecular weight is 249 g/mol. The standard InChI is InChI=1S/C13H23N5/c1-3-7-14-13-15-10-11(2)12(16-13)17-18-8-5-4-6-9-18/h10H,3-9H2,1-2H3,(H2,14,15,16,17). The number of rotatable bonds is 5. The fourth-order valence-corrected chi connectivity index (χ4v) is 2.03. The van der Waals surface area contributed by atoms with E-state index in [2.05, 4.69) is 32.6 Å². The lowest BCUT2D eigenvalue weighted by Gasteiger charge is -2.28. The molecule has 5 nitrogen and oxygen atoms in total. The van der Waals surface area contributed by atoms with Gasteiger partial charge in [-0.05, 0) is 26.2 Å². The van der Waals surface area contributed by atoms with Crippen LogP contribution in [-0.4, -0.2) is 34.6 Å². The molecule has 1 aliphatic heterocycles.